The first-order valence-corrected chi connectivity index (χ1v) is 4.30. The Labute approximate surface area is 88.5 Å². The summed E-state index contributed by atoms with van der Waals surface area (Å²) in [6.45, 7) is 5.05. The average molecular weight is 212 g/mol. The normalized spacial score (nSPS) is 12.2. The zero-order valence-electron chi connectivity index (χ0n) is 8.11. The minimum Gasteiger partial charge on any atom is -0.465 e. The van der Waals surface area contributed by atoms with Crippen molar-refractivity contribution >= 4 is 23.7 Å². The summed E-state index contributed by atoms with van der Waals surface area (Å²) in [4.78, 5) is 21.7. The summed E-state index contributed by atoms with van der Waals surface area (Å²) in [5.41, 5.74) is 0.734. The highest BCUT2D eigenvalue weighted by Crippen LogP contribution is 2.03. The van der Waals surface area contributed by atoms with Crippen molar-refractivity contribution in [3.05, 3.63) is 36.0 Å². The smallest absolute Gasteiger partial charge is 0.337 e. The third-order valence-corrected chi connectivity index (χ3v) is 1.84. The fraction of sp³-hybridized carbons (Fsp3) is 0.200. The van der Waals surface area contributed by atoms with E-state index in [1.807, 2.05) is 0 Å². The number of carbonyl (C=O) groups excluding carboxylic acids is 2. The van der Waals surface area contributed by atoms with Crippen LogP contribution < -0.4 is 0 Å². The van der Waals surface area contributed by atoms with Gasteiger partial charge >= 0.3 is 5.97 Å². The number of rotatable bonds is 4. The zero-order valence-corrected chi connectivity index (χ0v) is 9.01. The van der Waals surface area contributed by atoms with Gasteiger partial charge in [0.2, 0.25) is 5.12 Å². The second-order valence-corrected chi connectivity index (χ2v) is 2.88. The van der Waals surface area contributed by atoms with E-state index in [2.05, 4.69) is 23.9 Å². The van der Waals surface area contributed by atoms with Gasteiger partial charge in [0, 0.05) is 5.57 Å². The maximum Gasteiger partial charge on any atom is 0.337 e. The Balaban J connectivity index is 4.79. The highest BCUT2D eigenvalue weighted by molar-refractivity contribution is 7.97. The second-order valence-electron chi connectivity index (χ2n) is 2.47. The summed E-state index contributed by atoms with van der Waals surface area (Å²) in [7, 11) is 1.28. The van der Waals surface area contributed by atoms with Gasteiger partial charge in [0.05, 0.1) is 12.7 Å². The predicted octanol–water partition coefficient (Wildman–Crippen LogP) is 1.67. The van der Waals surface area contributed by atoms with E-state index in [0.29, 0.717) is 11.1 Å². The van der Waals surface area contributed by atoms with Crippen LogP contribution in [0, 0.1) is 0 Å². The van der Waals surface area contributed by atoms with Crippen molar-refractivity contribution < 1.29 is 14.3 Å². The average Bonchev–Trinajstić information content (AvgIpc) is 2.17. The van der Waals surface area contributed by atoms with Gasteiger partial charge in [-0.25, -0.2) is 4.79 Å². The fourth-order valence-corrected chi connectivity index (χ4v) is 0.698. The lowest BCUT2D eigenvalue weighted by Crippen LogP contribution is -2.02. The van der Waals surface area contributed by atoms with E-state index in [0.717, 1.165) is 0 Å². The quantitative estimate of drug-likeness (QED) is 0.334. The van der Waals surface area contributed by atoms with Gasteiger partial charge in [0.1, 0.15) is 0 Å². The van der Waals surface area contributed by atoms with Crippen molar-refractivity contribution in [3.8, 4) is 0 Å². The molecule has 0 bridgehead atoms. The first kappa shape index (κ1) is 12.7. The topological polar surface area (TPSA) is 43.4 Å². The molecule has 0 aromatic rings. The summed E-state index contributed by atoms with van der Waals surface area (Å²) >= 11 is 3.62. The molecule has 0 aliphatic heterocycles. The molecular weight excluding hydrogens is 200 g/mol. The van der Waals surface area contributed by atoms with Crippen molar-refractivity contribution in [2.24, 2.45) is 0 Å². The highest BCUT2D eigenvalue weighted by atomic mass is 32.1. The van der Waals surface area contributed by atoms with E-state index in [-0.39, 0.29) is 5.12 Å². The molecular formula is C10H12O3S. The lowest BCUT2D eigenvalue weighted by atomic mass is 10.2. The molecule has 4 heteroatoms. The van der Waals surface area contributed by atoms with E-state index in [9.17, 15) is 9.59 Å². The Morgan fingerprint density at radius 1 is 1.36 bits per heavy atom. The van der Waals surface area contributed by atoms with E-state index in [4.69, 9.17) is 0 Å². The van der Waals surface area contributed by atoms with Crippen LogP contribution in [0.4, 0.5) is 0 Å². The maximum absolute atomic E-state index is 11.0. The lowest BCUT2D eigenvalue weighted by Gasteiger charge is -1.97. The van der Waals surface area contributed by atoms with Crippen molar-refractivity contribution in [1.82, 2.24) is 0 Å². The number of allylic oxidation sites excluding steroid dienone is 2. The predicted molar refractivity (Wildman–Crippen MR) is 58.0 cm³/mol. The summed E-state index contributed by atoms with van der Waals surface area (Å²) in [6, 6.07) is 0. The number of hydrogen-bond donors (Lipinski definition) is 1. The lowest BCUT2D eigenvalue weighted by molar-refractivity contribution is -0.135. The Hall–Kier alpha value is -1.29. The minimum absolute atomic E-state index is 0.293. The Bertz CT molecular complexity index is 313. The molecule has 0 fully saturated rings. The summed E-state index contributed by atoms with van der Waals surface area (Å²) in [5.74, 6) is -0.490. The van der Waals surface area contributed by atoms with Crippen LogP contribution in [0.1, 0.15) is 6.92 Å². The Morgan fingerprint density at radius 3 is 2.29 bits per heavy atom. The monoisotopic (exact) mass is 212 g/mol. The number of hydrogen-bond acceptors (Lipinski definition) is 3. The largest absolute Gasteiger partial charge is 0.465 e. The van der Waals surface area contributed by atoms with Crippen LogP contribution in [0.3, 0.4) is 0 Å². The molecule has 0 unspecified atom stereocenters. The van der Waals surface area contributed by atoms with Crippen molar-refractivity contribution in [1.29, 1.82) is 0 Å². The van der Waals surface area contributed by atoms with E-state index >= 15 is 0 Å². The van der Waals surface area contributed by atoms with Gasteiger partial charge in [-0.3, -0.25) is 4.79 Å². The fourth-order valence-electron chi connectivity index (χ4n) is 0.623. The molecule has 14 heavy (non-hydrogen) atoms. The number of esters is 1. The first-order valence-electron chi connectivity index (χ1n) is 3.85. The van der Waals surface area contributed by atoms with Crippen molar-refractivity contribution in [3.63, 3.8) is 0 Å². The molecule has 0 radical (unpaired) electrons. The minimum atomic E-state index is -0.490. The molecule has 0 spiro atoms. The Morgan fingerprint density at radius 2 is 1.93 bits per heavy atom. The molecule has 0 N–H and O–H groups in total. The standard InChI is InChI=1S/C10H12O3S/c1-4-8(9(11)13-3)6-5-7(2)10(12)14/h4-6H,1H2,2-3H3,(H,12,14)/b7-5+,8-6+. The Kier molecular flexibility index (Phi) is 5.64. The molecule has 0 rings (SSSR count). The van der Waals surface area contributed by atoms with Crippen LogP contribution in [-0.2, 0) is 14.3 Å². The van der Waals surface area contributed by atoms with Gasteiger partial charge in [0.15, 0.2) is 0 Å². The number of thiol groups is 1. The van der Waals surface area contributed by atoms with Crippen LogP contribution in [0.5, 0.6) is 0 Å². The molecule has 0 heterocycles. The van der Waals surface area contributed by atoms with Crippen LogP contribution >= 0.6 is 12.6 Å². The van der Waals surface area contributed by atoms with Crippen molar-refractivity contribution in [2.75, 3.05) is 7.11 Å². The van der Waals surface area contributed by atoms with Gasteiger partial charge in [-0.05, 0) is 13.0 Å². The van der Waals surface area contributed by atoms with Crippen LogP contribution in [0.15, 0.2) is 36.0 Å². The van der Waals surface area contributed by atoms with E-state index < -0.39 is 5.97 Å². The van der Waals surface area contributed by atoms with Crippen LogP contribution in [0.25, 0.3) is 0 Å². The molecule has 0 saturated heterocycles. The SMILES string of the molecule is C=C/C(=C\C=C(/C)C(=O)S)C(=O)OC. The molecule has 0 aliphatic rings. The molecule has 0 atom stereocenters. The molecule has 0 aromatic heterocycles. The highest BCUT2D eigenvalue weighted by Gasteiger charge is 2.03. The van der Waals surface area contributed by atoms with Crippen LogP contribution in [0.2, 0.25) is 0 Å². The third-order valence-electron chi connectivity index (χ3n) is 1.49. The molecule has 76 valence electrons. The van der Waals surface area contributed by atoms with Gasteiger partial charge < -0.3 is 4.74 Å². The number of carbonyl (C=O) groups is 2. The molecule has 0 aliphatic carbocycles. The zero-order chi connectivity index (χ0) is 11.1. The number of ether oxygens (including phenoxy) is 1. The molecule has 0 amide bonds. The maximum atomic E-state index is 11.0. The first-order chi connectivity index (χ1) is 6.52. The third kappa shape index (κ3) is 4.09. The summed E-state index contributed by atoms with van der Waals surface area (Å²) < 4.78 is 4.48. The van der Waals surface area contributed by atoms with Gasteiger partial charge in [-0.2, -0.15) is 0 Å². The molecule has 3 nitrogen and oxygen atoms in total. The van der Waals surface area contributed by atoms with E-state index in [1.54, 1.807) is 6.92 Å². The van der Waals surface area contributed by atoms with Gasteiger partial charge in [-0.1, -0.05) is 18.7 Å². The molecule has 0 saturated carbocycles. The summed E-state index contributed by atoms with van der Waals surface area (Å²) in [6.07, 6.45) is 4.31. The number of methoxy groups -OCH3 is 1. The van der Waals surface area contributed by atoms with E-state index in [1.165, 1.54) is 25.3 Å². The van der Waals surface area contributed by atoms with Gasteiger partial charge in [0.25, 0.3) is 0 Å². The second kappa shape index (κ2) is 6.21. The van der Waals surface area contributed by atoms with Crippen molar-refractivity contribution in [2.45, 2.75) is 6.92 Å². The van der Waals surface area contributed by atoms with Gasteiger partial charge in [-0.15, -0.1) is 12.6 Å². The molecule has 0 aromatic carbocycles. The van der Waals surface area contributed by atoms with Crippen LogP contribution in [-0.4, -0.2) is 18.2 Å². The summed E-state index contributed by atoms with van der Waals surface area (Å²) in [5, 5.41) is -0.338.